The normalized spacial score (nSPS) is 12.5. The van der Waals surface area contributed by atoms with Crippen LogP contribution in [0, 0.1) is 11.3 Å². The average molecular weight is 618 g/mol. The number of nitriles is 1. The minimum Gasteiger partial charge on any atom is -0.489 e. The van der Waals surface area contributed by atoms with E-state index in [0.717, 1.165) is 16.8 Å². The number of anilines is 1. The molecule has 4 rings (SSSR count). The summed E-state index contributed by atoms with van der Waals surface area (Å²) in [5.41, 5.74) is 2.81. The number of nitrogens with one attached hydrogen (secondary N) is 2. The van der Waals surface area contributed by atoms with Crippen molar-refractivity contribution in [1.82, 2.24) is 24.9 Å². The molecule has 232 valence electrons. The molecule has 2 N–H and O–H groups in total. The molecule has 0 spiro atoms. The van der Waals surface area contributed by atoms with E-state index in [-0.39, 0.29) is 16.5 Å². The van der Waals surface area contributed by atoms with E-state index < -0.39 is 25.7 Å². The predicted octanol–water partition coefficient (Wildman–Crippen LogP) is 4.76. The smallest absolute Gasteiger partial charge is 0.296 e. The summed E-state index contributed by atoms with van der Waals surface area (Å²) in [7, 11) is 0.978. The number of amides is 1. The summed E-state index contributed by atoms with van der Waals surface area (Å²) in [4.78, 5) is 31.5. The van der Waals surface area contributed by atoms with Gasteiger partial charge in [-0.15, -0.1) is 0 Å². The second kappa shape index (κ2) is 13.4. The number of ether oxygens (including phenoxy) is 1. The molecule has 0 saturated heterocycles. The third-order valence-corrected chi connectivity index (χ3v) is 12.8. The summed E-state index contributed by atoms with van der Waals surface area (Å²) in [6, 6.07) is 9.57. The number of benzene rings is 1. The largest absolute Gasteiger partial charge is 0.489 e. The van der Waals surface area contributed by atoms with Crippen LogP contribution in [0.3, 0.4) is 0 Å². The van der Waals surface area contributed by atoms with Gasteiger partial charge in [0.15, 0.2) is 14.0 Å². The van der Waals surface area contributed by atoms with Crippen molar-refractivity contribution in [3.8, 4) is 11.8 Å². The highest BCUT2D eigenvalue weighted by Crippen LogP contribution is 2.36. The zero-order valence-electron chi connectivity index (χ0n) is 26.2. The third kappa shape index (κ3) is 7.15. The Labute approximate surface area is 257 Å². The van der Waals surface area contributed by atoms with Gasteiger partial charge in [-0.05, 0) is 48.2 Å². The van der Waals surface area contributed by atoms with E-state index in [1.807, 2.05) is 18.2 Å². The Morgan fingerprint density at radius 1 is 1.20 bits per heavy atom. The fourth-order valence-electron chi connectivity index (χ4n) is 4.71. The van der Waals surface area contributed by atoms with Crippen LogP contribution in [0.4, 0.5) is 5.69 Å². The summed E-state index contributed by atoms with van der Waals surface area (Å²) >= 11 is 0. The molecule has 44 heavy (non-hydrogen) atoms. The van der Waals surface area contributed by atoms with Gasteiger partial charge in [0.25, 0.3) is 11.5 Å². The van der Waals surface area contributed by atoms with Crippen LogP contribution in [0.15, 0.2) is 52.2 Å². The Balaban J connectivity index is 1.73. The van der Waals surface area contributed by atoms with Crippen molar-refractivity contribution in [2.75, 3.05) is 19.0 Å². The number of hydrogen-bond acceptors (Lipinski definition) is 9. The van der Waals surface area contributed by atoms with Gasteiger partial charge in [0.1, 0.15) is 17.8 Å². The molecule has 0 aliphatic heterocycles. The van der Waals surface area contributed by atoms with Crippen LogP contribution in [0.1, 0.15) is 65.4 Å². The molecule has 1 amide bonds. The first kappa shape index (κ1) is 32.4. The number of rotatable bonds is 12. The first-order valence-corrected chi connectivity index (χ1v) is 17.3. The standard InChI is InChI=1S/C31H39N7O5Si/c1-31(2,3)44(6,7)43-13-12-25-23(17-33-37-25)15-22(14-20-10-8-9-11-21(20)16-32)28-36-26(27(41-5)30(40)38(28)4)29(39)35-24-18-34-42-19-24/h8-11,17-19,22H,12-15H2,1-7H3,(H,33,37)(H,35,39). The number of carbonyl (C=O) groups excluding carboxylic acids is 1. The van der Waals surface area contributed by atoms with Crippen LogP contribution in [0.5, 0.6) is 5.75 Å². The first-order chi connectivity index (χ1) is 20.9. The van der Waals surface area contributed by atoms with Crippen molar-refractivity contribution in [2.24, 2.45) is 7.05 Å². The monoisotopic (exact) mass is 617 g/mol. The SMILES string of the molecule is COc1c(C(=O)Nc2cnoc2)nc(C(Cc2ccccc2C#N)Cc2cn[nH]c2CCO[Si](C)(C)C(C)(C)C)n(C)c1=O. The molecule has 0 bridgehead atoms. The van der Waals surface area contributed by atoms with Gasteiger partial charge < -0.3 is 19.0 Å². The van der Waals surface area contributed by atoms with Gasteiger partial charge in [0.05, 0.1) is 31.1 Å². The Morgan fingerprint density at radius 2 is 1.93 bits per heavy atom. The van der Waals surface area contributed by atoms with Crippen LogP contribution in [0.2, 0.25) is 18.1 Å². The molecule has 1 atom stereocenters. The molecule has 3 heterocycles. The second-order valence-electron chi connectivity index (χ2n) is 12.2. The second-order valence-corrected chi connectivity index (χ2v) is 17.0. The van der Waals surface area contributed by atoms with Crippen molar-refractivity contribution in [1.29, 1.82) is 5.26 Å². The minimum atomic E-state index is -1.94. The van der Waals surface area contributed by atoms with Gasteiger partial charge in [-0.2, -0.15) is 10.4 Å². The van der Waals surface area contributed by atoms with Gasteiger partial charge >= 0.3 is 0 Å². The van der Waals surface area contributed by atoms with E-state index in [9.17, 15) is 14.9 Å². The lowest BCUT2D eigenvalue weighted by atomic mass is 9.89. The van der Waals surface area contributed by atoms with E-state index in [0.29, 0.717) is 42.9 Å². The number of hydrogen-bond donors (Lipinski definition) is 2. The van der Waals surface area contributed by atoms with E-state index in [4.69, 9.17) is 18.7 Å². The van der Waals surface area contributed by atoms with E-state index in [1.165, 1.54) is 24.1 Å². The van der Waals surface area contributed by atoms with Crippen molar-refractivity contribution in [3.63, 3.8) is 0 Å². The van der Waals surface area contributed by atoms with Crippen LogP contribution in [-0.4, -0.2) is 52.8 Å². The summed E-state index contributed by atoms with van der Waals surface area (Å²) in [5, 5.41) is 23.6. The van der Waals surface area contributed by atoms with Gasteiger partial charge in [0.2, 0.25) is 5.75 Å². The number of nitrogens with zero attached hydrogens (tertiary/aromatic N) is 5. The molecule has 1 unspecified atom stereocenters. The molecule has 0 aliphatic rings. The first-order valence-electron chi connectivity index (χ1n) is 14.3. The maximum Gasteiger partial charge on any atom is 0.296 e. The zero-order chi connectivity index (χ0) is 32.1. The molecule has 4 aromatic rings. The summed E-state index contributed by atoms with van der Waals surface area (Å²) < 4.78 is 18.0. The van der Waals surface area contributed by atoms with Gasteiger partial charge in [0, 0.05) is 31.7 Å². The fraction of sp³-hybridized carbons (Fsp3) is 0.419. The van der Waals surface area contributed by atoms with Crippen LogP contribution in [0.25, 0.3) is 0 Å². The zero-order valence-corrected chi connectivity index (χ0v) is 27.2. The lowest BCUT2D eigenvalue weighted by molar-refractivity contribution is 0.101. The summed E-state index contributed by atoms with van der Waals surface area (Å²) in [5.74, 6) is -0.878. The molecular weight excluding hydrogens is 578 g/mol. The molecule has 0 fully saturated rings. The van der Waals surface area contributed by atoms with Gasteiger partial charge in [-0.1, -0.05) is 44.1 Å². The van der Waals surface area contributed by atoms with Crippen molar-refractivity contribution >= 4 is 19.9 Å². The lowest BCUT2D eigenvalue weighted by Crippen LogP contribution is -2.41. The number of methoxy groups -OCH3 is 1. The Kier molecular flexibility index (Phi) is 9.86. The van der Waals surface area contributed by atoms with Crippen molar-refractivity contribution in [3.05, 3.63) is 87.2 Å². The minimum absolute atomic E-state index is 0.0893. The summed E-state index contributed by atoms with van der Waals surface area (Å²) in [6.45, 7) is 11.6. The van der Waals surface area contributed by atoms with Crippen LogP contribution in [-0.2, 0) is 30.7 Å². The molecule has 12 nitrogen and oxygen atoms in total. The van der Waals surface area contributed by atoms with Crippen LogP contribution < -0.4 is 15.6 Å². The Hall–Kier alpha value is -4.54. The topological polar surface area (TPSA) is 161 Å². The number of carbonyl (C=O) groups is 1. The molecule has 1 aromatic carbocycles. The Morgan fingerprint density at radius 3 is 2.59 bits per heavy atom. The molecular formula is C31H39N7O5Si. The van der Waals surface area contributed by atoms with E-state index in [2.05, 4.69) is 60.6 Å². The lowest BCUT2D eigenvalue weighted by Gasteiger charge is -2.36. The molecule has 0 radical (unpaired) electrons. The summed E-state index contributed by atoms with van der Waals surface area (Å²) in [6.07, 6.45) is 5.82. The predicted molar refractivity (Wildman–Crippen MR) is 167 cm³/mol. The molecule has 3 aromatic heterocycles. The number of H-pyrrole nitrogens is 1. The van der Waals surface area contributed by atoms with Gasteiger partial charge in [-0.3, -0.25) is 19.3 Å². The molecule has 0 aliphatic carbocycles. The average Bonchev–Trinajstić information content (AvgIpc) is 3.65. The number of aromatic nitrogens is 5. The fourth-order valence-corrected chi connectivity index (χ4v) is 5.75. The third-order valence-electron chi connectivity index (χ3n) is 8.26. The Bertz CT molecular complexity index is 1700. The van der Waals surface area contributed by atoms with Crippen molar-refractivity contribution in [2.45, 2.75) is 64.1 Å². The number of aromatic amines is 1. The van der Waals surface area contributed by atoms with Gasteiger partial charge in [-0.25, -0.2) is 4.98 Å². The molecule has 13 heteroatoms. The quantitative estimate of drug-likeness (QED) is 0.214. The van der Waals surface area contributed by atoms with Crippen LogP contribution >= 0.6 is 0 Å². The van der Waals surface area contributed by atoms with E-state index in [1.54, 1.807) is 19.3 Å². The van der Waals surface area contributed by atoms with E-state index >= 15 is 0 Å². The highest BCUT2D eigenvalue weighted by atomic mass is 28.4. The highest BCUT2D eigenvalue weighted by molar-refractivity contribution is 6.74. The van der Waals surface area contributed by atoms with Crippen molar-refractivity contribution < 1.29 is 18.5 Å². The highest BCUT2D eigenvalue weighted by Gasteiger charge is 2.37. The maximum atomic E-state index is 13.5. The molecule has 0 saturated carbocycles. The maximum absolute atomic E-state index is 13.5.